The molecule has 2 atom stereocenters. The van der Waals surface area contributed by atoms with Gasteiger partial charge in [-0.1, -0.05) is 57.2 Å². The van der Waals surface area contributed by atoms with Gasteiger partial charge in [-0.3, -0.25) is 4.79 Å². The van der Waals surface area contributed by atoms with E-state index < -0.39 is 41.7 Å². The van der Waals surface area contributed by atoms with Gasteiger partial charge in [0.05, 0.1) is 12.1 Å². The van der Waals surface area contributed by atoms with Gasteiger partial charge < -0.3 is 25.1 Å². The highest BCUT2D eigenvalue weighted by Gasteiger charge is 2.26. The molecule has 0 saturated carbocycles. The Morgan fingerprint density at radius 3 is 2.46 bits per heavy atom. The third kappa shape index (κ3) is 6.45. The van der Waals surface area contributed by atoms with Crippen LogP contribution >= 0.6 is 0 Å². The Kier molecular flexibility index (Phi) is 7.91. The smallest absolute Gasteiger partial charge is 0.272 e. The number of benzene rings is 2. The summed E-state index contributed by atoms with van der Waals surface area (Å²) in [5, 5.41) is 28.6. The Labute approximate surface area is 203 Å². The molecule has 1 heterocycles. The number of carbonyl (C=O) groups excluding carboxylic acids is 2. The molecule has 35 heavy (non-hydrogen) atoms. The summed E-state index contributed by atoms with van der Waals surface area (Å²) in [4.78, 5) is 24.5. The molecule has 186 valence electrons. The Hall–Kier alpha value is -3.72. The lowest BCUT2D eigenvalue weighted by atomic mass is 9.90. The van der Waals surface area contributed by atoms with Gasteiger partial charge >= 0.3 is 0 Å². The zero-order valence-corrected chi connectivity index (χ0v) is 20.1. The number of hydrogen-bond donors (Lipinski definition) is 2. The van der Waals surface area contributed by atoms with Crippen LogP contribution < -0.4 is 15.2 Å². The number of hydrogen-bond acceptors (Lipinski definition) is 6. The molecule has 0 aliphatic carbocycles. The first-order valence-corrected chi connectivity index (χ1v) is 11.2. The van der Waals surface area contributed by atoms with Crippen molar-refractivity contribution < 1.29 is 28.9 Å². The summed E-state index contributed by atoms with van der Waals surface area (Å²) in [7, 11) is 0. The number of aliphatic hydroxyl groups is 1. The second kappa shape index (κ2) is 10.7. The molecule has 9 heteroatoms. The van der Waals surface area contributed by atoms with E-state index in [9.17, 15) is 24.2 Å². The molecule has 1 aromatic heterocycles. The van der Waals surface area contributed by atoms with Crippen LogP contribution in [0.4, 0.5) is 4.39 Å². The SMILES string of the molecule is Cc1ccccc1[C@H](CC(=O)[O-])NC(=O)c1cc(OC[C@H](O)C(C)(C)C)n(-c2ccccc2F)n1. The molecule has 0 unspecified atom stereocenters. The van der Waals surface area contributed by atoms with E-state index in [2.05, 4.69) is 10.4 Å². The van der Waals surface area contributed by atoms with E-state index in [1.807, 2.05) is 39.8 Å². The molecule has 0 fully saturated rings. The number of rotatable bonds is 9. The third-order valence-corrected chi connectivity index (χ3v) is 5.62. The van der Waals surface area contributed by atoms with Crippen LogP contribution in [0.25, 0.3) is 5.69 Å². The van der Waals surface area contributed by atoms with Crippen LogP contribution in [0.5, 0.6) is 5.88 Å². The van der Waals surface area contributed by atoms with Gasteiger partial charge in [0.1, 0.15) is 18.1 Å². The molecular formula is C26H29FN3O5-. The van der Waals surface area contributed by atoms with E-state index in [4.69, 9.17) is 4.74 Å². The average Bonchev–Trinajstić information content (AvgIpc) is 3.21. The molecule has 3 aromatic rings. The Bertz CT molecular complexity index is 1200. The number of aromatic nitrogens is 2. The van der Waals surface area contributed by atoms with Crippen LogP contribution in [0.1, 0.15) is 54.8 Å². The number of nitrogens with one attached hydrogen (secondary N) is 1. The molecule has 0 aliphatic heterocycles. The fourth-order valence-electron chi connectivity index (χ4n) is 3.40. The average molecular weight is 483 g/mol. The predicted octanol–water partition coefficient (Wildman–Crippen LogP) is 2.72. The fourth-order valence-corrected chi connectivity index (χ4v) is 3.40. The summed E-state index contributed by atoms with van der Waals surface area (Å²) in [6.45, 7) is 7.23. The molecule has 0 aliphatic rings. The van der Waals surface area contributed by atoms with Crippen LogP contribution in [-0.2, 0) is 4.79 Å². The largest absolute Gasteiger partial charge is 0.550 e. The van der Waals surface area contributed by atoms with E-state index in [0.717, 1.165) is 10.2 Å². The monoisotopic (exact) mass is 482 g/mol. The number of aliphatic hydroxyl groups excluding tert-OH is 1. The van der Waals surface area contributed by atoms with Gasteiger partial charge in [-0.15, -0.1) is 0 Å². The summed E-state index contributed by atoms with van der Waals surface area (Å²) in [6, 6.07) is 13.4. The number of amides is 1. The number of carbonyl (C=O) groups is 2. The minimum absolute atomic E-state index is 0.0518. The van der Waals surface area contributed by atoms with E-state index in [-0.39, 0.29) is 23.9 Å². The first-order chi connectivity index (χ1) is 16.5. The molecule has 0 bridgehead atoms. The molecule has 8 nitrogen and oxygen atoms in total. The van der Waals surface area contributed by atoms with Crippen LogP contribution in [-0.4, -0.2) is 39.5 Å². The lowest BCUT2D eigenvalue weighted by Crippen LogP contribution is -2.34. The van der Waals surface area contributed by atoms with Crippen molar-refractivity contribution in [3.8, 4) is 11.6 Å². The van der Waals surface area contributed by atoms with Crippen LogP contribution in [0.15, 0.2) is 54.6 Å². The Morgan fingerprint density at radius 2 is 1.83 bits per heavy atom. The normalized spacial score (nSPS) is 13.2. The quantitative estimate of drug-likeness (QED) is 0.484. The van der Waals surface area contributed by atoms with E-state index in [0.29, 0.717) is 5.56 Å². The number of carboxylic acid groups (broad SMARTS) is 1. The van der Waals surface area contributed by atoms with Crippen molar-refractivity contribution in [2.24, 2.45) is 5.41 Å². The molecule has 1 amide bonds. The molecule has 3 rings (SSSR count). The number of carboxylic acids is 1. The lowest BCUT2D eigenvalue weighted by Gasteiger charge is -2.25. The molecule has 0 radical (unpaired) electrons. The highest BCUT2D eigenvalue weighted by atomic mass is 19.1. The summed E-state index contributed by atoms with van der Waals surface area (Å²) >= 11 is 0. The van der Waals surface area contributed by atoms with Gasteiger partial charge in [-0.2, -0.15) is 9.78 Å². The molecular weight excluding hydrogens is 453 g/mol. The van der Waals surface area contributed by atoms with Gasteiger partial charge in [0.15, 0.2) is 5.69 Å². The molecule has 2 aromatic carbocycles. The number of halogens is 1. The minimum Gasteiger partial charge on any atom is -0.550 e. The summed E-state index contributed by atoms with van der Waals surface area (Å²) in [6.07, 6.45) is -1.27. The first kappa shape index (κ1) is 25.9. The third-order valence-electron chi connectivity index (χ3n) is 5.62. The van der Waals surface area contributed by atoms with E-state index >= 15 is 0 Å². The van der Waals surface area contributed by atoms with Crippen molar-refractivity contribution >= 4 is 11.9 Å². The van der Waals surface area contributed by atoms with Gasteiger partial charge in [0, 0.05) is 18.5 Å². The van der Waals surface area contributed by atoms with Crippen LogP contribution in [0, 0.1) is 18.2 Å². The van der Waals surface area contributed by atoms with Gasteiger partial charge in [-0.25, -0.2) is 4.39 Å². The maximum atomic E-state index is 14.5. The predicted molar refractivity (Wildman–Crippen MR) is 125 cm³/mol. The topological polar surface area (TPSA) is 117 Å². The zero-order valence-electron chi connectivity index (χ0n) is 20.1. The number of aliphatic carboxylic acids is 1. The maximum absolute atomic E-state index is 14.5. The van der Waals surface area contributed by atoms with Gasteiger partial charge in [0.2, 0.25) is 5.88 Å². The van der Waals surface area contributed by atoms with Crippen LogP contribution in [0.3, 0.4) is 0 Å². The van der Waals surface area contributed by atoms with E-state index in [1.165, 1.54) is 24.3 Å². The number of para-hydroxylation sites is 1. The van der Waals surface area contributed by atoms with Crippen molar-refractivity contribution in [2.45, 2.75) is 46.3 Å². The van der Waals surface area contributed by atoms with Crippen molar-refractivity contribution in [1.82, 2.24) is 15.1 Å². The minimum atomic E-state index is -1.32. The summed E-state index contributed by atoms with van der Waals surface area (Å²) in [5.74, 6) is -2.53. The second-order valence-electron chi connectivity index (χ2n) is 9.38. The zero-order chi connectivity index (χ0) is 25.8. The van der Waals surface area contributed by atoms with Crippen molar-refractivity contribution in [3.05, 3.63) is 77.2 Å². The van der Waals surface area contributed by atoms with Gasteiger partial charge in [0.25, 0.3) is 5.91 Å². The highest BCUT2D eigenvalue weighted by molar-refractivity contribution is 5.93. The Balaban J connectivity index is 1.94. The Morgan fingerprint density at radius 1 is 1.17 bits per heavy atom. The van der Waals surface area contributed by atoms with E-state index in [1.54, 1.807) is 18.2 Å². The standard InChI is InChI=1S/C26H30FN3O5/c1-16-9-5-6-10-17(16)19(14-24(32)33)28-25(34)20-13-23(35-15-22(31)26(2,3)4)30(29-20)21-12-8-7-11-18(21)27/h5-13,19,22,31H,14-15H2,1-4H3,(H,28,34)(H,32,33)/p-1/t19-,22-/m0/s1. The van der Waals surface area contributed by atoms with Crippen molar-refractivity contribution in [2.75, 3.05) is 6.61 Å². The fraction of sp³-hybridized carbons (Fsp3) is 0.346. The van der Waals surface area contributed by atoms with Crippen molar-refractivity contribution in [3.63, 3.8) is 0 Å². The first-order valence-electron chi connectivity index (χ1n) is 11.2. The lowest BCUT2D eigenvalue weighted by molar-refractivity contribution is -0.306. The number of ether oxygens (including phenoxy) is 1. The summed E-state index contributed by atoms with van der Waals surface area (Å²) in [5.41, 5.74) is 0.913. The highest BCUT2D eigenvalue weighted by Crippen LogP contribution is 2.26. The van der Waals surface area contributed by atoms with Gasteiger partial charge in [-0.05, 0) is 35.6 Å². The molecule has 0 spiro atoms. The summed E-state index contributed by atoms with van der Waals surface area (Å²) < 4.78 is 21.4. The molecule has 0 saturated heterocycles. The molecule has 2 N–H and O–H groups in total. The number of nitrogens with zero attached hydrogens (tertiary/aromatic N) is 2. The number of aryl methyl sites for hydroxylation is 1. The van der Waals surface area contributed by atoms with Crippen molar-refractivity contribution in [1.29, 1.82) is 0 Å². The van der Waals surface area contributed by atoms with Crippen LogP contribution in [0.2, 0.25) is 0 Å². The second-order valence-corrected chi connectivity index (χ2v) is 9.38. The maximum Gasteiger partial charge on any atom is 0.272 e.